The number of rotatable bonds is 6. The Kier molecular flexibility index (Phi) is 7.69. The lowest BCUT2D eigenvalue weighted by molar-refractivity contribution is 0.201. The minimum atomic E-state index is -0.0498. The highest BCUT2D eigenvalue weighted by Crippen LogP contribution is 2.46. The van der Waals surface area contributed by atoms with E-state index in [2.05, 4.69) is 165 Å². The predicted molar refractivity (Wildman–Crippen MR) is 225 cm³/mol. The normalized spacial score (nSPS) is 13.6. The summed E-state index contributed by atoms with van der Waals surface area (Å²) in [5, 5.41) is 9.39. The van der Waals surface area contributed by atoms with Gasteiger partial charge >= 0.3 is 0 Å². The van der Waals surface area contributed by atoms with Gasteiger partial charge in [0.25, 0.3) is 0 Å². The van der Waals surface area contributed by atoms with Crippen LogP contribution in [0.25, 0.3) is 88.5 Å². The maximum Gasteiger partial charge on any atom is 0.172 e. The number of nitrogens with zero attached hydrogens (tertiary/aromatic N) is 2. The molecule has 54 heavy (non-hydrogen) atoms. The zero-order chi connectivity index (χ0) is 36.2. The molecule has 0 bridgehead atoms. The number of ether oxygens (including phenoxy) is 1. The zero-order valence-corrected chi connectivity index (χ0v) is 30.1. The first-order chi connectivity index (χ1) is 26.6. The van der Waals surface area contributed by atoms with Gasteiger partial charge in [0.2, 0.25) is 0 Å². The molecule has 4 heteroatoms. The average Bonchev–Trinajstić information content (AvgIpc) is 3.68. The minimum Gasteiger partial charge on any atom is -0.468 e. The van der Waals surface area contributed by atoms with Crippen molar-refractivity contribution in [1.29, 1.82) is 0 Å². The van der Waals surface area contributed by atoms with E-state index in [0.29, 0.717) is 5.92 Å². The van der Waals surface area contributed by atoms with Crippen molar-refractivity contribution in [2.45, 2.75) is 20.1 Å². The summed E-state index contributed by atoms with van der Waals surface area (Å²) in [6.45, 7) is 4.37. The van der Waals surface area contributed by atoms with Crippen LogP contribution in [0.4, 0.5) is 5.69 Å². The zero-order valence-electron chi connectivity index (χ0n) is 30.1. The van der Waals surface area contributed by atoms with E-state index >= 15 is 0 Å². The van der Waals surface area contributed by atoms with Crippen LogP contribution in [0, 0.1) is 5.92 Å². The molecule has 1 atom stereocenters. The molecule has 0 fully saturated rings. The van der Waals surface area contributed by atoms with Crippen molar-refractivity contribution in [3.63, 3.8) is 0 Å². The van der Waals surface area contributed by atoms with Gasteiger partial charge in [-0.25, -0.2) is 9.97 Å². The molecule has 8 aromatic carbocycles. The van der Waals surface area contributed by atoms with Gasteiger partial charge in [-0.3, -0.25) is 0 Å². The smallest absolute Gasteiger partial charge is 0.172 e. The Labute approximate surface area is 314 Å². The molecular formula is C50H37N3O. The van der Waals surface area contributed by atoms with Crippen molar-refractivity contribution >= 4 is 38.1 Å². The fourth-order valence-corrected chi connectivity index (χ4v) is 7.95. The Morgan fingerprint density at radius 1 is 0.500 bits per heavy atom. The molecule has 1 aliphatic rings. The fourth-order valence-electron chi connectivity index (χ4n) is 7.95. The highest BCUT2D eigenvalue weighted by Gasteiger charge is 2.28. The largest absolute Gasteiger partial charge is 0.468 e. The number of fused-ring (bicyclic) bond motifs is 5. The van der Waals surface area contributed by atoms with Gasteiger partial charge in [-0.1, -0.05) is 159 Å². The van der Waals surface area contributed by atoms with Gasteiger partial charge in [-0.2, -0.15) is 0 Å². The van der Waals surface area contributed by atoms with Crippen molar-refractivity contribution in [1.82, 2.24) is 9.97 Å². The van der Waals surface area contributed by atoms with Crippen LogP contribution in [-0.4, -0.2) is 16.2 Å². The molecule has 0 saturated carbocycles. The van der Waals surface area contributed by atoms with Crippen LogP contribution >= 0.6 is 0 Å². The second-order valence-electron chi connectivity index (χ2n) is 14.4. The van der Waals surface area contributed by atoms with Gasteiger partial charge in [0, 0.05) is 27.8 Å². The molecule has 0 radical (unpaired) electrons. The van der Waals surface area contributed by atoms with Crippen molar-refractivity contribution in [2.24, 2.45) is 5.92 Å². The highest BCUT2D eigenvalue weighted by atomic mass is 16.5. The first-order valence-corrected chi connectivity index (χ1v) is 18.6. The topological polar surface area (TPSA) is 47.0 Å². The third-order valence-electron chi connectivity index (χ3n) is 10.6. The summed E-state index contributed by atoms with van der Waals surface area (Å²) in [6, 6.07) is 60.4. The highest BCUT2D eigenvalue weighted by molar-refractivity contribution is 6.07. The monoisotopic (exact) mass is 695 g/mol. The Hall–Kier alpha value is -6.78. The van der Waals surface area contributed by atoms with Gasteiger partial charge < -0.3 is 10.1 Å². The van der Waals surface area contributed by atoms with E-state index in [1.807, 2.05) is 24.3 Å². The summed E-state index contributed by atoms with van der Waals surface area (Å²) in [5.74, 6) is 2.00. The van der Waals surface area contributed by atoms with Crippen molar-refractivity contribution < 1.29 is 4.74 Å². The molecule has 4 nitrogen and oxygen atoms in total. The number of para-hydroxylation sites is 1. The number of aromatic nitrogens is 2. The van der Waals surface area contributed by atoms with Crippen molar-refractivity contribution in [2.75, 3.05) is 5.32 Å². The number of hydrogen-bond donors (Lipinski definition) is 1. The SMILES string of the molecule is CC(C)C1Nc2cc(-c3cccc(-c4ccc5ccccc5c4-c4cccc(-c5nc(-c6ccccc6)nc6ccccc56)c4)c3)c3ccccc3c2O1. The maximum atomic E-state index is 6.45. The molecule has 0 spiro atoms. The quantitative estimate of drug-likeness (QED) is 0.188. The van der Waals surface area contributed by atoms with E-state index in [-0.39, 0.29) is 6.23 Å². The third-order valence-corrected chi connectivity index (χ3v) is 10.6. The molecule has 1 aliphatic heterocycles. The summed E-state index contributed by atoms with van der Waals surface area (Å²) < 4.78 is 6.45. The molecular weight excluding hydrogens is 659 g/mol. The minimum absolute atomic E-state index is 0.0498. The number of benzene rings is 8. The fraction of sp³-hybridized carbons (Fsp3) is 0.0800. The van der Waals surface area contributed by atoms with Gasteiger partial charge in [0.15, 0.2) is 17.8 Å². The maximum absolute atomic E-state index is 6.45. The van der Waals surface area contributed by atoms with Crippen molar-refractivity contribution in [3.05, 3.63) is 170 Å². The van der Waals surface area contributed by atoms with E-state index in [1.54, 1.807) is 0 Å². The molecule has 1 unspecified atom stereocenters. The standard InChI is InChI=1S/C50H37N3O/c1-31(2)50-52-45-30-43(40-22-8-9-23-41(40)48(45)54-50)35-18-12-17-34(28-35)39-27-26-32-14-6-7-21-38(32)46(39)36-19-13-20-37(29-36)47-42-24-10-11-25-44(42)51-49(53-47)33-15-4-3-5-16-33/h3-31,50,52H,1-2H3. The first kappa shape index (κ1) is 31.9. The summed E-state index contributed by atoms with van der Waals surface area (Å²) in [5.41, 5.74) is 12.0. The molecule has 1 aromatic heterocycles. The Morgan fingerprint density at radius 3 is 1.94 bits per heavy atom. The van der Waals surface area contributed by atoms with E-state index in [4.69, 9.17) is 14.7 Å². The second kappa shape index (κ2) is 13.0. The van der Waals surface area contributed by atoms with Gasteiger partial charge in [-0.05, 0) is 73.8 Å². The summed E-state index contributed by atoms with van der Waals surface area (Å²) in [7, 11) is 0. The summed E-state index contributed by atoms with van der Waals surface area (Å²) in [6.07, 6.45) is -0.0498. The lowest BCUT2D eigenvalue weighted by Crippen LogP contribution is -2.26. The molecule has 9 aromatic rings. The van der Waals surface area contributed by atoms with Crippen LogP contribution in [0.1, 0.15) is 13.8 Å². The molecule has 258 valence electrons. The number of nitrogens with one attached hydrogen (secondary N) is 1. The van der Waals surface area contributed by atoms with E-state index in [1.165, 1.54) is 32.8 Å². The van der Waals surface area contributed by atoms with Crippen LogP contribution in [0.5, 0.6) is 5.75 Å². The van der Waals surface area contributed by atoms with Crippen LogP contribution in [-0.2, 0) is 0 Å². The van der Waals surface area contributed by atoms with E-state index in [9.17, 15) is 0 Å². The first-order valence-electron chi connectivity index (χ1n) is 18.6. The Balaban J connectivity index is 1.14. The Bertz CT molecular complexity index is 2880. The molecule has 1 N–H and O–H groups in total. The van der Waals surface area contributed by atoms with Gasteiger partial charge in [-0.15, -0.1) is 0 Å². The van der Waals surface area contributed by atoms with Crippen LogP contribution in [0.2, 0.25) is 0 Å². The average molecular weight is 696 g/mol. The van der Waals surface area contributed by atoms with Crippen molar-refractivity contribution in [3.8, 4) is 61.8 Å². The number of anilines is 1. The molecule has 0 amide bonds. The van der Waals surface area contributed by atoms with Crippen LogP contribution in [0.3, 0.4) is 0 Å². The Morgan fingerprint density at radius 2 is 1.13 bits per heavy atom. The van der Waals surface area contributed by atoms with Gasteiger partial charge in [0.1, 0.15) is 0 Å². The van der Waals surface area contributed by atoms with E-state index < -0.39 is 0 Å². The third kappa shape index (κ3) is 5.46. The van der Waals surface area contributed by atoms with Crippen LogP contribution in [0.15, 0.2) is 170 Å². The summed E-state index contributed by atoms with van der Waals surface area (Å²) >= 11 is 0. The number of hydrogen-bond acceptors (Lipinski definition) is 4. The molecule has 10 rings (SSSR count). The lowest BCUT2D eigenvalue weighted by Gasteiger charge is -2.17. The molecule has 0 aliphatic carbocycles. The van der Waals surface area contributed by atoms with Gasteiger partial charge in [0.05, 0.1) is 16.9 Å². The second-order valence-corrected chi connectivity index (χ2v) is 14.4. The summed E-state index contributed by atoms with van der Waals surface area (Å²) in [4.78, 5) is 10.2. The van der Waals surface area contributed by atoms with Crippen LogP contribution < -0.4 is 10.1 Å². The lowest BCUT2D eigenvalue weighted by atomic mass is 9.87. The molecule has 2 heterocycles. The molecule has 0 saturated heterocycles. The van der Waals surface area contributed by atoms with E-state index in [0.717, 1.165) is 67.1 Å². The predicted octanol–water partition coefficient (Wildman–Crippen LogP) is 13.1.